The van der Waals surface area contributed by atoms with Gasteiger partial charge in [0.1, 0.15) is 11.6 Å². The highest BCUT2D eigenvalue weighted by atomic mass is 16.4. The molecular weight excluding hydrogens is 344 g/mol. The summed E-state index contributed by atoms with van der Waals surface area (Å²) in [5.41, 5.74) is 14.6. The number of benzene rings is 2. The Morgan fingerprint density at radius 2 is 1.26 bits per heavy atom. The second-order valence-electron chi connectivity index (χ2n) is 5.66. The highest BCUT2D eigenvalue weighted by Crippen LogP contribution is 2.26. The van der Waals surface area contributed by atoms with E-state index in [1.807, 2.05) is 48.5 Å². The Hall–Kier alpha value is -3.87. The van der Waals surface area contributed by atoms with Gasteiger partial charge in [-0.1, -0.05) is 48.5 Å². The molecule has 0 aliphatic carbocycles. The van der Waals surface area contributed by atoms with Gasteiger partial charge in [-0.25, -0.2) is 0 Å². The third kappa shape index (κ3) is 5.30. The number of hydrogen-bond donors (Lipinski definition) is 5. The molecule has 1 heterocycles. The van der Waals surface area contributed by atoms with Crippen molar-refractivity contribution in [1.82, 2.24) is 0 Å². The zero-order valence-corrected chi connectivity index (χ0v) is 14.7. The molecule has 0 aliphatic heterocycles. The van der Waals surface area contributed by atoms with Gasteiger partial charge in [0, 0.05) is 18.1 Å². The molecule has 1 aromatic heterocycles. The van der Waals surface area contributed by atoms with E-state index < -0.39 is 5.97 Å². The molecule has 3 rings (SSSR count). The fourth-order valence-electron chi connectivity index (χ4n) is 2.31. The van der Waals surface area contributed by atoms with E-state index in [4.69, 9.17) is 36.6 Å². The summed E-state index contributed by atoms with van der Waals surface area (Å²) >= 11 is 0. The van der Waals surface area contributed by atoms with Crippen molar-refractivity contribution < 1.29 is 14.3 Å². The van der Waals surface area contributed by atoms with Crippen LogP contribution in [0.3, 0.4) is 0 Å². The average Bonchev–Trinajstić information content (AvgIpc) is 3.12. The van der Waals surface area contributed by atoms with Crippen LogP contribution in [0.25, 0.3) is 22.5 Å². The Morgan fingerprint density at radius 3 is 1.67 bits per heavy atom. The van der Waals surface area contributed by atoms with Gasteiger partial charge < -0.3 is 21.0 Å². The van der Waals surface area contributed by atoms with E-state index in [1.54, 1.807) is 12.1 Å². The zero-order valence-electron chi connectivity index (χ0n) is 14.7. The normalized spacial score (nSPS) is 9.81. The van der Waals surface area contributed by atoms with Crippen LogP contribution in [-0.2, 0) is 4.79 Å². The van der Waals surface area contributed by atoms with Crippen molar-refractivity contribution in [3.63, 3.8) is 0 Å². The van der Waals surface area contributed by atoms with Crippen LogP contribution in [-0.4, -0.2) is 22.7 Å². The van der Waals surface area contributed by atoms with Gasteiger partial charge in [0.2, 0.25) is 0 Å². The quantitative estimate of drug-likeness (QED) is 0.355. The first kappa shape index (κ1) is 19.5. The Labute approximate surface area is 156 Å². The molecule has 0 atom stereocenters. The molecule has 0 amide bonds. The molecular formula is C20H20N4O3. The van der Waals surface area contributed by atoms with Gasteiger partial charge >= 0.3 is 0 Å². The van der Waals surface area contributed by atoms with Gasteiger partial charge in [0.25, 0.3) is 5.97 Å². The Bertz CT molecular complexity index is 954. The number of nitrogens with two attached hydrogens (primary N) is 2. The van der Waals surface area contributed by atoms with Crippen molar-refractivity contribution in [3.8, 4) is 22.5 Å². The number of rotatable bonds is 4. The summed E-state index contributed by atoms with van der Waals surface area (Å²) in [5, 5.41) is 22.2. The van der Waals surface area contributed by atoms with Crippen LogP contribution in [0.5, 0.6) is 0 Å². The van der Waals surface area contributed by atoms with Crippen LogP contribution in [0, 0.1) is 10.8 Å². The van der Waals surface area contributed by atoms with Gasteiger partial charge in [-0.2, -0.15) is 0 Å². The minimum atomic E-state index is -0.833. The Morgan fingerprint density at radius 1 is 0.815 bits per heavy atom. The largest absolute Gasteiger partial charge is 0.481 e. The lowest BCUT2D eigenvalue weighted by Crippen LogP contribution is -2.10. The van der Waals surface area contributed by atoms with Crippen molar-refractivity contribution in [2.75, 3.05) is 0 Å². The number of amidine groups is 2. The number of carbonyl (C=O) groups is 1. The van der Waals surface area contributed by atoms with Crippen LogP contribution >= 0.6 is 0 Å². The van der Waals surface area contributed by atoms with Gasteiger partial charge in [0.15, 0.2) is 11.6 Å². The van der Waals surface area contributed by atoms with Crippen molar-refractivity contribution >= 4 is 17.6 Å². The third-order valence-electron chi connectivity index (χ3n) is 3.57. The molecule has 138 valence electrons. The molecule has 7 heteroatoms. The molecule has 27 heavy (non-hydrogen) atoms. The smallest absolute Gasteiger partial charge is 0.300 e. The third-order valence-corrected chi connectivity index (χ3v) is 3.57. The van der Waals surface area contributed by atoms with Gasteiger partial charge in [0.05, 0.1) is 0 Å². The zero-order chi connectivity index (χ0) is 20.0. The van der Waals surface area contributed by atoms with Crippen molar-refractivity contribution in [2.45, 2.75) is 6.92 Å². The highest BCUT2D eigenvalue weighted by Gasteiger charge is 2.07. The molecule has 0 bridgehead atoms. The van der Waals surface area contributed by atoms with E-state index in [-0.39, 0.29) is 11.7 Å². The van der Waals surface area contributed by atoms with E-state index in [2.05, 4.69) is 0 Å². The second kappa shape index (κ2) is 8.48. The van der Waals surface area contributed by atoms with Gasteiger partial charge in [-0.15, -0.1) is 0 Å². The molecule has 7 nitrogen and oxygen atoms in total. The lowest BCUT2D eigenvalue weighted by atomic mass is 10.0. The van der Waals surface area contributed by atoms with E-state index in [0.717, 1.165) is 23.6 Å². The Balaban J connectivity index is 0.000000596. The minimum absolute atomic E-state index is 0.0611. The molecule has 2 aromatic carbocycles. The number of nitrogens with one attached hydrogen (secondary N) is 2. The van der Waals surface area contributed by atoms with E-state index in [0.29, 0.717) is 17.1 Å². The van der Waals surface area contributed by atoms with E-state index >= 15 is 0 Å². The van der Waals surface area contributed by atoms with Crippen molar-refractivity contribution in [1.29, 1.82) is 10.8 Å². The minimum Gasteiger partial charge on any atom is -0.481 e. The molecule has 0 saturated carbocycles. The molecule has 0 unspecified atom stereocenters. The number of carboxylic acids is 1. The van der Waals surface area contributed by atoms with Crippen molar-refractivity contribution in [2.24, 2.45) is 11.5 Å². The lowest BCUT2D eigenvalue weighted by Gasteiger charge is -2.05. The summed E-state index contributed by atoms with van der Waals surface area (Å²) in [5.74, 6) is 0.182. The summed E-state index contributed by atoms with van der Waals surface area (Å²) in [6, 6.07) is 18.9. The molecule has 7 N–H and O–H groups in total. The van der Waals surface area contributed by atoms with E-state index in [9.17, 15) is 0 Å². The van der Waals surface area contributed by atoms with Gasteiger partial charge in [-0.05, 0) is 23.3 Å². The second-order valence-corrected chi connectivity index (χ2v) is 5.66. The van der Waals surface area contributed by atoms with E-state index in [1.165, 1.54) is 0 Å². The predicted octanol–water partition coefficient (Wildman–Crippen LogP) is 3.27. The maximum Gasteiger partial charge on any atom is 0.300 e. The maximum atomic E-state index is 9.00. The molecule has 0 fully saturated rings. The number of nitrogen functional groups attached to an aromatic ring is 2. The fourth-order valence-corrected chi connectivity index (χ4v) is 2.31. The molecule has 0 saturated heterocycles. The van der Waals surface area contributed by atoms with Crippen LogP contribution < -0.4 is 11.5 Å². The number of furan rings is 1. The summed E-state index contributed by atoms with van der Waals surface area (Å²) in [6.07, 6.45) is 0. The number of aliphatic carboxylic acids is 1. The average molecular weight is 364 g/mol. The first-order chi connectivity index (χ1) is 12.8. The number of carboxylic acid groups (broad SMARTS) is 1. The lowest BCUT2D eigenvalue weighted by molar-refractivity contribution is -0.134. The van der Waals surface area contributed by atoms with Crippen LogP contribution in [0.4, 0.5) is 0 Å². The van der Waals surface area contributed by atoms with Crippen LogP contribution in [0.15, 0.2) is 65.1 Å². The maximum absolute atomic E-state index is 9.00. The standard InChI is InChI=1S/C18H16N4O.C2H4O2/c19-17(20)14-7-3-12(4-8-14)11-1-5-13(6-2-11)15-9-10-16(23-15)18(21)22;1-2(3)4/h1-10H,(H3,19,20)(H3,21,22);1H3,(H,3,4). The highest BCUT2D eigenvalue weighted by molar-refractivity contribution is 5.95. The molecule has 3 aromatic rings. The van der Waals surface area contributed by atoms with Crippen LogP contribution in [0.2, 0.25) is 0 Å². The summed E-state index contributed by atoms with van der Waals surface area (Å²) < 4.78 is 5.53. The summed E-state index contributed by atoms with van der Waals surface area (Å²) in [4.78, 5) is 9.00. The first-order valence-corrected chi connectivity index (χ1v) is 7.97. The monoisotopic (exact) mass is 364 g/mol. The first-order valence-electron chi connectivity index (χ1n) is 7.97. The Kier molecular flexibility index (Phi) is 6.11. The summed E-state index contributed by atoms with van der Waals surface area (Å²) in [6.45, 7) is 1.08. The predicted molar refractivity (Wildman–Crippen MR) is 105 cm³/mol. The fraction of sp³-hybridized carbons (Fsp3) is 0.0500. The molecule has 0 radical (unpaired) electrons. The SMILES string of the molecule is CC(=O)O.N=C(N)c1ccc(-c2ccc(-c3ccc(C(=N)N)o3)cc2)cc1. The number of hydrogen-bond acceptors (Lipinski definition) is 4. The topological polar surface area (TPSA) is 150 Å². The van der Waals surface area contributed by atoms with Crippen LogP contribution in [0.1, 0.15) is 18.2 Å². The van der Waals surface area contributed by atoms with Gasteiger partial charge in [-0.3, -0.25) is 15.6 Å². The van der Waals surface area contributed by atoms with Crippen molar-refractivity contribution in [3.05, 3.63) is 72.0 Å². The molecule has 0 spiro atoms. The molecule has 0 aliphatic rings. The summed E-state index contributed by atoms with van der Waals surface area (Å²) in [7, 11) is 0.